The summed E-state index contributed by atoms with van der Waals surface area (Å²) < 4.78 is 11.1. The van der Waals surface area contributed by atoms with Gasteiger partial charge in [-0.05, 0) is 35.2 Å². The van der Waals surface area contributed by atoms with E-state index >= 15 is 0 Å². The van der Waals surface area contributed by atoms with Crippen molar-refractivity contribution < 1.29 is 14.3 Å². The van der Waals surface area contributed by atoms with Crippen LogP contribution in [0.1, 0.15) is 16.7 Å². The first-order chi connectivity index (χ1) is 13.7. The summed E-state index contributed by atoms with van der Waals surface area (Å²) in [6.07, 6.45) is 1.06. The lowest BCUT2D eigenvalue weighted by molar-refractivity contribution is 0.171. The Morgan fingerprint density at radius 1 is 1.11 bits per heavy atom. The third-order valence-electron chi connectivity index (χ3n) is 5.03. The molecule has 2 amide bonds. The van der Waals surface area contributed by atoms with E-state index in [1.165, 1.54) is 11.1 Å². The van der Waals surface area contributed by atoms with E-state index in [4.69, 9.17) is 21.1 Å². The number of benzene rings is 2. The molecule has 28 heavy (non-hydrogen) atoms. The van der Waals surface area contributed by atoms with Gasteiger partial charge in [0.05, 0.1) is 5.02 Å². The van der Waals surface area contributed by atoms with Crippen LogP contribution in [-0.4, -0.2) is 43.8 Å². The second-order valence-electron chi connectivity index (χ2n) is 7.01. The molecule has 0 bridgehead atoms. The zero-order valence-corrected chi connectivity index (χ0v) is 16.4. The first-order valence-electron chi connectivity index (χ1n) is 9.58. The van der Waals surface area contributed by atoms with Gasteiger partial charge in [0, 0.05) is 32.7 Å². The smallest absolute Gasteiger partial charge is 0.315 e. The quantitative estimate of drug-likeness (QED) is 0.808. The fourth-order valence-corrected chi connectivity index (χ4v) is 3.87. The van der Waals surface area contributed by atoms with E-state index in [-0.39, 0.29) is 6.03 Å². The number of carbonyl (C=O) groups is 1. The van der Waals surface area contributed by atoms with Crippen molar-refractivity contribution in [1.29, 1.82) is 0 Å². The van der Waals surface area contributed by atoms with Crippen LogP contribution in [0, 0.1) is 0 Å². The number of halogens is 1. The molecule has 0 fully saturated rings. The highest BCUT2D eigenvalue weighted by Gasteiger charge is 2.17. The number of hydrogen-bond acceptors (Lipinski definition) is 4. The van der Waals surface area contributed by atoms with Gasteiger partial charge in [-0.1, -0.05) is 35.9 Å². The van der Waals surface area contributed by atoms with Crippen LogP contribution in [0.3, 0.4) is 0 Å². The minimum atomic E-state index is -0.191. The maximum atomic E-state index is 12.1. The van der Waals surface area contributed by atoms with Gasteiger partial charge in [0.15, 0.2) is 11.5 Å². The summed E-state index contributed by atoms with van der Waals surface area (Å²) in [4.78, 5) is 14.5. The van der Waals surface area contributed by atoms with Crippen molar-refractivity contribution in [3.63, 3.8) is 0 Å². The number of fused-ring (bicyclic) bond motifs is 2. The molecular weight excluding hydrogens is 378 g/mol. The van der Waals surface area contributed by atoms with Crippen LogP contribution in [-0.2, 0) is 19.5 Å². The second kappa shape index (κ2) is 8.71. The lowest BCUT2D eigenvalue weighted by atomic mass is 10.00. The topological polar surface area (TPSA) is 62.8 Å². The van der Waals surface area contributed by atoms with Gasteiger partial charge in [0.1, 0.15) is 13.2 Å². The molecule has 7 heteroatoms. The third-order valence-corrected chi connectivity index (χ3v) is 5.31. The van der Waals surface area contributed by atoms with Crippen LogP contribution in [0.5, 0.6) is 11.5 Å². The van der Waals surface area contributed by atoms with E-state index < -0.39 is 0 Å². The zero-order valence-electron chi connectivity index (χ0n) is 15.7. The van der Waals surface area contributed by atoms with E-state index in [2.05, 4.69) is 39.8 Å². The van der Waals surface area contributed by atoms with Crippen LogP contribution in [0.4, 0.5) is 4.79 Å². The number of urea groups is 1. The molecule has 2 heterocycles. The molecular formula is C21H24ClN3O3. The molecule has 0 saturated heterocycles. The molecule has 2 N–H and O–H groups in total. The van der Waals surface area contributed by atoms with E-state index in [1.807, 2.05) is 6.07 Å². The van der Waals surface area contributed by atoms with Gasteiger partial charge in [-0.2, -0.15) is 0 Å². The molecule has 148 valence electrons. The van der Waals surface area contributed by atoms with Crippen molar-refractivity contribution in [3.8, 4) is 11.5 Å². The van der Waals surface area contributed by atoms with Gasteiger partial charge < -0.3 is 20.1 Å². The fourth-order valence-electron chi connectivity index (χ4n) is 3.58. The predicted molar refractivity (Wildman–Crippen MR) is 108 cm³/mol. The Morgan fingerprint density at radius 2 is 1.93 bits per heavy atom. The molecule has 2 aromatic carbocycles. The Kier molecular flexibility index (Phi) is 5.88. The van der Waals surface area contributed by atoms with Gasteiger partial charge in [-0.15, -0.1) is 0 Å². The Balaban J connectivity index is 1.21. The summed E-state index contributed by atoms with van der Waals surface area (Å²) in [5, 5.41) is 6.28. The number of amides is 2. The van der Waals surface area contributed by atoms with Crippen LogP contribution < -0.4 is 20.1 Å². The van der Waals surface area contributed by atoms with Gasteiger partial charge in [0.2, 0.25) is 0 Å². The molecule has 0 aliphatic carbocycles. The van der Waals surface area contributed by atoms with Gasteiger partial charge in [0.25, 0.3) is 0 Å². The Hall–Kier alpha value is -2.44. The summed E-state index contributed by atoms with van der Waals surface area (Å²) in [7, 11) is 0. The highest BCUT2D eigenvalue weighted by Crippen LogP contribution is 2.38. The molecule has 4 rings (SSSR count). The molecule has 0 spiro atoms. The average Bonchev–Trinajstić information content (AvgIpc) is 2.72. The molecule has 2 aromatic rings. The van der Waals surface area contributed by atoms with Crippen molar-refractivity contribution in [2.75, 3.05) is 32.8 Å². The number of ether oxygens (including phenoxy) is 2. The van der Waals surface area contributed by atoms with E-state index in [1.54, 1.807) is 6.07 Å². The van der Waals surface area contributed by atoms with Gasteiger partial charge >= 0.3 is 6.03 Å². The number of rotatable bonds is 5. The molecule has 0 atom stereocenters. The normalized spacial score (nSPS) is 15.6. The summed E-state index contributed by atoms with van der Waals surface area (Å²) >= 11 is 6.23. The molecule has 0 unspecified atom stereocenters. The summed E-state index contributed by atoms with van der Waals surface area (Å²) in [5.41, 5.74) is 3.69. The largest absolute Gasteiger partial charge is 0.486 e. The molecule has 2 aliphatic heterocycles. The van der Waals surface area contributed by atoms with Crippen LogP contribution >= 0.6 is 11.6 Å². The monoisotopic (exact) mass is 401 g/mol. The SMILES string of the molecule is O=C(NCCN1CCc2ccccc2C1)NCc1cc(Cl)c2c(c1)OCCO2. The summed E-state index contributed by atoms with van der Waals surface area (Å²) in [5.74, 6) is 1.20. The summed E-state index contributed by atoms with van der Waals surface area (Å²) in [6.45, 7) is 4.77. The van der Waals surface area contributed by atoms with E-state index in [0.29, 0.717) is 42.8 Å². The minimum Gasteiger partial charge on any atom is -0.486 e. The molecule has 6 nitrogen and oxygen atoms in total. The highest BCUT2D eigenvalue weighted by atomic mass is 35.5. The van der Waals surface area contributed by atoms with E-state index in [9.17, 15) is 4.79 Å². The molecule has 0 aromatic heterocycles. The maximum absolute atomic E-state index is 12.1. The molecule has 2 aliphatic rings. The van der Waals surface area contributed by atoms with Gasteiger partial charge in [-0.3, -0.25) is 4.90 Å². The Labute approximate surface area is 169 Å². The van der Waals surface area contributed by atoms with Crippen molar-refractivity contribution in [3.05, 3.63) is 58.1 Å². The number of nitrogens with one attached hydrogen (secondary N) is 2. The maximum Gasteiger partial charge on any atom is 0.315 e. The lowest BCUT2D eigenvalue weighted by Crippen LogP contribution is -2.41. The lowest BCUT2D eigenvalue weighted by Gasteiger charge is -2.28. The molecule has 0 radical (unpaired) electrons. The average molecular weight is 402 g/mol. The Morgan fingerprint density at radius 3 is 2.82 bits per heavy atom. The van der Waals surface area contributed by atoms with Crippen LogP contribution in [0.25, 0.3) is 0 Å². The van der Waals surface area contributed by atoms with Crippen LogP contribution in [0.15, 0.2) is 36.4 Å². The zero-order chi connectivity index (χ0) is 19.3. The third kappa shape index (κ3) is 4.51. The van der Waals surface area contributed by atoms with Crippen LogP contribution in [0.2, 0.25) is 5.02 Å². The minimum absolute atomic E-state index is 0.191. The molecule has 0 saturated carbocycles. The second-order valence-corrected chi connectivity index (χ2v) is 7.41. The first-order valence-corrected chi connectivity index (χ1v) is 9.96. The fraction of sp³-hybridized carbons (Fsp3) is 0.381. The van der Waals surface area contributed by atoms with Crippen molar-refractivity contribution in [2.45, 2.75) is 19.5 Å². The van der Waals surface area contributed by atoms with Crippen molar-refractivity contribution in [2.24, 2.45) is 0 Å². The first kappa shape index (κ1) is 18.9. The van der Waals surface area contributed by atoms with Crippen molar-refractivity contribution in [1.82, 2.24) is 15.5 Å². The standard InChI is InChI=1S/C21H24ClN3O3/c22-18-11-15(12-19-20(18)28-10-9-27-19)13-24-21(26)23-6-8-25-7-5-16-3-1-2-4-17(16)14-25/h1-4,11-12H,5-10,13-14H2,(H2,23,24,26). The predicted octanol–water partition coefficient (Wildman–Crippen LogP) is 2.97. The van der Waals surface area contributed by atoms with Crippen molar-refractivity contribution >= 4 is 17.6 Å². The summed E-state index contributed by atoms with van der Waals surface area (Å²) in [6, 6.07) is 12.0. The Bertz CT molecular complexity index is 859. The number of nitrogens with zero attached hydrogens (tertiary/aromatic N) is 1. The van der Waals surface area contributed by atoms with Gasteiger partial charge in [-0.25, -0.2) is 4.79 Å². The number of carbonyl (C=O) groups excluding carboxylic acids is 1. The van der Waals surface area contributed by atoms with E-state index in [0.717, 1.165) is 31.6 Å². The number of hydrogen-bond donors (Lipinski definition) is 2. The highest BCUT2D eigenvalue weighted by molar-refractivity contribution is 6.32.